The second-order valence-electron chi connectivity index (χ2n) is 3.92. The summed E-state index contributed by atoms with van der Waals surface area (Å²) in [5, 5.41) is 7.76. The van der Waals surface area contributed by atoms with Crippen molar-refractivity contribution in [3.8, 4) is 0 Å². The van der Waals surface area contributed by atoms with Gasteiger partial charge in [-0.05, 0) is 17.7 Å². The van der Waals surface area contributed by atoms with Gasteiger partial charge in [-0.15, -0.1) is 0 Å². The number of hydrogen-bond donors (Lipinski definition) is 1. The van der Waals surface area contributed by atoms with Gasteiger partial charge < -0.3 is 5.32 Å². The molecule has 19 heavy (non-hydrogen) atoms. The number of halogens is 2. The Hall–Kier alpha value is -1.66. The zero-order chi connectivity index (χ0) is 13.2. The smallest absolute Gasteiger partial charge is 0.255 e. The van der Waals surface area contributed by atoms with Gasteiger partial charge in [-0.3, -0.25) is 0 Å². The third-order valence-electron chi connectivity index (χ3n) is 2.58. The van der Waals surface area contributed by atoms with E-state index in [4.69, 9.17) is 11.6 Å². The fourth-order valence-electron chi connectivity index (χ4n) is 1.75. The topological polar surface area (TPSA) is 55.1 Å². The summed E-state index contributed by atoms with van der Waals surface area (Å²) in [5.41, 5.74) is 1.15. The monoisotopic (exact) mass is 337 g/mol. The van der Waals surface area contributed by atoms with Crippen molar-refractivity contribution in [2.75, 3.05) is 5.32 Å². The zero-order valence-electron chi connectivity index (χ0n) is 9.72. The highest BCUT2D eigenvalue weighted by molar-refractivity contribution is 9.10. The molecule has 0 unspecified atom stereocenters. The molecule has 5 nitrogen and oxygen atoms in total. The predicted octanol–water partition coefficient (Wildman–Crippen LogP) is 3.15. The highest BCUT2D eigenvalue weighted by Gasteiger charge is 2.06. The molecule has 2 aromatic heterocycles. The number of anilines is 1. The Morgan fingerprint density at radius 1 is 1.32 bits per heavy atom. The van der Waals surface area contributed by atoms with E-state index >= 15 is 0 Å². The van der Waals surface area contributed by atoms with E-state index in [-0.39, 0.29) is 0 Å². The lowest BCUT2D eigenvalue weighted by Gasteiger charge is -2.08. The van der Waals surface area contributed by atoms with E-state index in [2.05, 4.69) is 36.3 Å². The molecule has 0 spiro atoms. The number of nitrogens with one attached hydrogen (secondary N) is 1. The van der Waals surface area contributed by atoms with Crippen LogP contribution in [-0.2, 0) is 6.54 Å². The van der Waals surface area contributed by atoms with Crippen LogP contribution in [0.5, 0.6) is 0 Å². The lowest BCUT2D eigenvalue weighted by Crippen LogP contribution is -2.06. The van der Waals surface area contributed by atoms with Crippen molar-refractivity contribution < 1.29 is 0 Å². The van der Waals surface area contributed by atoms with Crippen molar-refractivity contribution in [3.05, 3.63) is 51.8 Å². The minimum atomic E-state index is 0.386. The molecule has 2 heterocycles. The second kappa shape index (κ2) is 5.14. The summed E-state index contributed by atoms with van der Waals surface area (Å²) in [5.74, 6) is 1.23. The maximum atomic E-state index is 5.95. The van der Waals surface area contributed by atoms with Crippen LogP contribution in [0.2, 0.25) is 5.15 Å². The first kappa shape index (κ1) is 12.4. The zero-order valence-corrected chi connectivity index (χ0v) is 12.1. The van der Waals surface area contributed by atoms with Crippen LogP contribution >= 0.6 is 27.5 Å². The Morgan fingerprint density at radius 2 is 2.21 bits per heavy atom. The van der Waals surface area contributed by atoms with E-state index in [0.717, 1.165) is 15.9 Å². The fourth-order valence-corrected chi connectivity index (χ4v) is 2.37. The minimum absolute atomic E-state index is 0.386. The maximum absolute atomic E-state index is 5.95. The summed E-state index contributed by atoms with van der Waals surface area (Å²) >= 11 is 9.40. The normalized spacial score (nSPS) is 10.8. The minimum Gasteiger partial charge on any atom is -0.366 e. The standard InChI is InChI=1S/C12H9BrClN5/c13-9-3-1-2-8(4-9)6-15-11-5-10(14)18-12-16-7-17-19(11)12/h1-5,7,15H,6H2. The molecule has 0 atom stereocenters. The van der Waals surface area contributed by atoms with E-state index in [0.29, 0.717) is 17.5 Å². The molecule has 3 rings (SSSR count). The van der Waals surface area contributed by atoms with E-state index in [1.165, 1.54) is 6.33 Å². The Labute approximate surface area is 122 Å². The molecule has 0 saturated carbocycles. The van der Waals surface area contributed by atoms with Crippen LogP contribution in [0, 0.1) is 0 Å². The molecule has 3 aromatic rings. The molecule has 0 amide bonds. The first-order valence-electron chi connectivity index (χ1n) is 5.57. The van der Waals surface area contributed by atoms with Gasteiger partial charge in [0.15, 0.2) is 0 Å². The number of hydrogen-bond acceptors (Lipinski definition) is 4. The summed E-state index contributed by atoms with van der Waals surface area (Å²) in [6.45, 7) is 0.661. The molecule has 1 aromatic carbocycles. The van der Waals surface area contributed by atoms with Gasteiger partial charge in [0, 0.05) is 17.1 Å². The van der Waals surface area contributed by atoms with Gasteiger partial charge in [-0.25, -0.2) is 0 Å². The molecule has 0 bridgehead atoms. The van der Waals surface area contributed by atoms with E-state index < -0.39 is 0 Å². The summed E-state index contributed by atoms with van der Waals surface area (Å²) in [4.78, 5) is 8.09. The predicted molar refractivity (Wildman–Crippen MR) is 77.3 cm³/mol. The number of nitrogens with zero attached hydrogens (tertiary/aromatic N) is 4. The van der Waals surface area contributed by atoms with Crippen molar-refractivity contribution in [2.24, 2.45) is 0 Å². The molecular formula is C12H9BrClN5. The van der Waals surface area contributed by atoms with Crippen molar-refractivity contribution in [1.82, 2.24) is 19.6 Å². The molecule has 0 aliphatic rings. The summed E-state index contributed by atoms with van der Waals surface area (Å²) < 4.78 is 2.66. The Balaban J connectivity index is 1.87. The van der Waals surface area contributed by atoms with Crippen LogP contribution in [-0.4, -0.2) is 19.6 Å². The van der Waals surface area contributed by atoms with Gasteiger partial charge in [0.05, 0.1) is 0 Å². The maximum Gasteiger partial charge on any atom is 0.255 e. The average molecular weight is 339 g/mol. The highest BCUT2D eigenvalue weighted by atomic mass is 79.9. The SMILES string of the molecule is Clc1cc(NCc2cccc(Br)c2)n2ncnc2n1. The summed E-state index contributed by atoms with van der Waals surface area (Å²) in [7, 11) is 0. The number of benzene rings is 1. The highest BCUT2D eigenvalue weighted by Crippen LogP contribution is 2.17. The van der Waals surface area contributed by atoms with Crippen molar-refractivity contribution >= 4 is 39.1 Å². The molecule has 0 fully saturated rings. The van der Waals surface area contributed by atoms with E-state index in [9.17, 15) is 0 Å². The molecule has 1 N–H and O–H groups in total. The summed E-state index contributed by atoms with van der Waals surface area (Å²) in [6, 6.07) is 9.79. The van der Waals surface area contributed by atoms with E-state index in [1.807, 2.05) is 24.3 Å². The van der Waals surface area contributed by atoms with Crippen LogP contribution < -0.4 is 5.32 Å². The van der Waals surface area contributed by atoms with Crippen molar-refractivity contribution in [2.45, 2.75) is 6.54 Å². The van der Waals surface area contributed by atoms with Crippen LogP contribution in [0.4, 0.5) is 5.82 Å². The molecular weight excluding hydrogens is 330 g/mol. The molecule has 7 heteroatoms. The fraction of sp³-hybridized carbons (Fsp3) is 0.0833. The van der Waals surface area contributed by atoms with Gasteiger partial charge in [0.25, 0.3) is 5.78 Å². The summed E-state index contributed by atoms with van der Waals surface area (Å²) in [6.07, 6.45) is 1.45. The largest absolute Gasteiger partial charge is 0.366 e. The van der Waals surface area contributed by atoms with Crippen LogP contribution in [0.1, 0.15) is 5.56 Å². The van der Waals surface area contributed by atoms with E-state index in [1.54, 1.807) is 10.6 Å². The Bertz CT molecular complexity index is 727. The third kappa shape index (κ3) is 2.69. The van der Waals surface area contributed by atoms with Crippen LogP contribution in [0.15, 0.2) is 41.1 Å². The molecule has 0 aliphatic carbocycles. The number of fused-ring (bicyclic) bond motifs is 1. The Morgan fingerprint density at radius 3 is 3.05 bits per heavy atom. The van der Waals surface area contributed by atoms with Gasteiger partial charge in [0.2, 0.25) is 0 Å². The third-order valence-corrected chi connectivity index (χ3v) is 3.27. The van der Waals surface area contributed by atoms with Crippen LogP contribution in [0.3, 0.4) is 0 Å². The van der Waals surface area contributed by atoms with Crippen molar-refractivity contribution in [1.29, 1.82) is 0 Å². The second-order valence-corrected chi connectivity index (χ2v) is 5.22. The molecule has 0 saturated heterocycles. The molecule has 0 radical (unpaired) electrons. The van der Waals surface area contributed by atoms with Gasteiger partial charge in [0.1, 0.15) is 17.3 Å². The first-order valence-corrected chi connectivity index (χ1v) is 6.74. The Kier molecular flexibility index (Phi) is 3.35. The quantitative estimate of drug-likeness (QED) is 0.745. The first-order chi connectivity index (χ1) is 9.22. The van der Waals surface area contributed by atoms with Gasteiger partial charge in [-0.1, -0.05) is 39.7 Å². The lowest BCUT2D eigenvalue weighted by atomic mass is 10.2. The van der Waals surface area contributed by atoms with Gasteiger partial charge >= 0.3 is 0 Å². The number of aromatic nitrogens is 4. The molecule has 0 aliphatic heterocycles. The number of rotatable bonds is 3. The average Bonchev–Trinajstić information content (AvgIpc) is 2.84. The molecule has 96 valence electrons. The van der Waals surface area contributed by atoms with Gasteiger partial charge in [-0.2, -0.15) is 19.6 Å². The van der Waals surface area contributed by atoms with Crippen molar-refractivity contribution in [3.63, 3.8) is 0 Å². The lowest BCUT2D eigenvalue weighted by molar-refractivity contribution is 0.925. The van der Waals surface area contributed by atoms with Crippen LogP contribution in [0.25, 0.3) is 5.78 Å².